The van der Waals surface area contributed by atoms with E-state index in [1.54, 1.807) is 0 Å². The van der Waals surface area contributed by atoms with E-state index in [1.165, 1.54) is 0 Å². The Balaban J connectivity index is 2.83. The third-order valence-electron chi connectivity index (χ3n) is 2.30. The molecule has 2 aromatic rings. The lowest BCUT2D eigenvalue weighted by atomic mass is 10.2. The Hall–Kier alpha value is -1.71. The largest absolute Gasteiger partial charge is 0.397 e. The van der Waals surface area contributed by atoms with Gasteiger partial charge in [0.2, 0.25) is 5.95 Å². The van der Waals surface area contributed by atoms with E-state index in [2.05, 4.69) is 18.8 Å². The van der Waals surface area contributed by atoms with Crippen molar-refractivity contribution in [2.24, 2.45) is 0 Å². The first-order valence-corrected chi connectivity index (χ1v) is 4.63. The lowest BCUT2D eigenvalue weighted by molar-refractivity contribution is 0.627. The number of anilines is 2. The molecule has 0 saturated heterocycles. The van der Waals surface area contributed by atoms with E-state index < -0.39 is 0 Å². The molecule has 14 heavy (non-hydrogen) atoms. The Morgan fingerprint density at radius 3 is 2.64 bits per heavy atom. The topological polar surface area (TPSA) is 69.9 Å². The van der Waals surface area contributed by atoms with Crippen molar-refractivity contribution in [3.05, 3.63) is 18.2 Å². The number of nitrogen functional groups attached to an aromatic ring is 2. The number of nitrogens with zero attached hydrogens (tertiary/aromatic N) is 2. The Labute approximate surface area is 82.5 Å². The quantitative estimate of drug-likeness (QED) is 0.673. The fourth-order valence-electron chi connectivity index (χ4n) is 1.70. The molecule has 0 saturated carbocycles. The van der Waals surface area contributed by atoms with Crippen molar-refractivity contribution >= 4 is 22.7 Å². The Kier molecular flexibility index (Phi) is 1.84. The molecule has 0 amide bonds. The summed E-state index contributed by atoms with van der Waals surface area (Å²) in [4.78, 5) is 4.25. The van der Waals surface area contributed by atoms with Crippen LogP contribution in [0.1, 0.15) is 19.9 Å². The summed E-state index contributed by atoms with van der Waals surface area (Å²) in [5, 5.41) is 0. The zero-order valence-corrected chi connectivity index (χ0v) is 8.36. The van der Waals surface area contributed by atoms with Crippen LogP contribution in [0.3, 0.4) is 0 Å². The van der Waals surface area contributed by atoms with Crippen LogP contribution in [-0.4, -0.2) is 9.55 Å². The molecular formula is C10H14N4. The molecule has 1 aromatic heterocycles. The molecule has 2 rings (SSSR count). The smallest absolute Gasteiger partial charge is 0.201 e. The van der Waals surface area contributed by atoms with E-state index in [0.29, 0.717) is 17.7 Å². The molecule has 74 valence electrons. The number of para-hydroxylation sites is 1. The third kappa shape index (κ3) is 1.11. The lowest BCUT2D eigenvalue weighted by Crippen LogP contribution is -2.05. The summed E-state index contributed by atoms with van der Waals surface area (Å²) in [6.07, 6.45) is 0. The molecule has 0 atom stereocenters. The molecule has 4 heteroatoms. The maximum Gasteiger partial charge on any atom is 0.201 e. The fraction of sp³-hybridized carbons (Fsp3) is 0.300. The standard InChI is InChI=1S/C10H14N4/c1-6(2)14-8-5-3-4-7(11)9(8)13-10(14)12/h3-6H,11H2,1-2H3,(H2,12,13). The second kappa shape index (κ2) is 2.90. The number of hydrogen-bond acceptors (Lipinski definition) is 3. The van der Waals surface area contributed by atoms with Crippen LogP contribution >= 0.6 is 0 Å². The van der Waals surface area contributed by atoms with Gasteiger partial charge in [-0.05, 0) is 26.0 Å². The van der Waals surface area contributed by atoms with E-state index in [-0.39, 0.29) is 0 Å². The minimum absolute atomic E-state index is 0.293. The summed E-state index contributed by atoms with van der Waals surface area (Å²) >= 11 is 0. The third-order valence-corrected chi connectivity index (χ3v) is 2.30. The van der Waals surface area contributed by atoms with Gasteiger partial charge in [-0.15, -0.1) is 0 Å². The van der Waals surface area contributed by atoms with Crippen LogP contribution in [0.5, 0.6) is 0 Å². The first-order valence-electron chi connectivity index (χ1n) is 4.63. The van der Waals surface area contributed by atoms with E-state index in [1.807, 2.05) is 22.8 Å². The van der Waals surface area contributed by atoms with Crippen molar-refractivity contribution < 1.29 is 0 Å². The first-order chi connectivity index (χ1) is 6.61. The molecule has 0 unspecified atom stereocenters. The maximum absolute atomic E-state index is 5.82. The number of imidazole rings is 1. The highest BCUT2D eigenvalue weighted by atomic mass is 15.2. The van der Waals surface area contributed by atoms with E-state index in [9.17, 15) is 0 Å². The molecule has 0 aliphatic rings. The highest BCUT2D eigenvalue weighted by molar-refractivity contribution is 5.89. The normalized spacial score (nSPS) is 11.4. The van der Waals surface area contributed by atoms with Gasteiger partial charge in [-0.3, -0.25) is 0 Å². The average molecular weight is 190 g/mol. The molecular weight excluding hydrogens is 176 g/mol. The summed E-state index contributed by atoms with van der Waals surface area (Å²) in [5.74, 6) is 0.521. The van der Waals surface area contributed by atoms with Crippen LogP contribution in [0.15, 0.2) is 18.2 Å². The van der Waals surface area contributed by atoms with Gasteiger partial charge in [0, 0.05) is 6.04 Å². The minimum Gasteiger partial charge on any atom is -0.397 e. The van der Waals surface area contributed by atoms with Gasteiger partial charge in [-0.1, -0.05) is 6.07 Å². The van der Waals surface area contributed by atoms with E-state index in [4.69, 9.17) is 11.5 Å². The monoisotopic (exact) mass is 190 g/mol. The van der Waals surface area contributed by atoms with Crippen molar-refractivity contribution in [1.82, 2.24) is 9.55 Å². The van der Waals surface area contributed by atoms with Gasteiger partial charge in [0.05, 0.1) is 11.2 Å². The van der Waals surface area contributed by atoms with E-state index >= 15 is 0 Å². The Morgan fingerprint density at radius 1 is 1.29 bits per heavy atom. The summed E-state index contributed by atoms with van der Waals surface area (Å²) in [7, 11) is 0. The van der Waals surface area contributed by atoms with Crippen molar-refractivity contribution in [3.63, 3.8) is 0 Å². The van der Waals surface area contributed by atoms with Crippen LogP contribution in [0.4, 0.5) is 11.6 Å². The van der Waals surface area contributed by atoms with Crippen LogP contribution < -0.4 is 11.5 Å². The van der Waals surface area contributed by atoms with Gasteiger partial charge in [-0.2, -0.15) is 0 Å². The maximum atomic E-state index is 5.82. The lowest BCUT2D eigenvalue weighted by Gasteiger charge is -2.09. The number of benzene rings is 1. The van der Waals surface area contributed by atoms with Gasteiger partial charge in [0.1, 0.15) is 5.52 Å². The summed E-state index contributed by atoms with van der Waals surface area (Å²) in [6, 6.07) is 6.02. The van der Waals surface area contributed by atoms with Gasteiger partial charge >= 0.3 is 0 Å². The van der Waals surface area contributed by atoms with Crippen LogP contribution in [-0.2, 0) is 0 Å². The SMILES string of the molecule is CC(C)n1c(N)nc2c(N)cccc21. The molecule has 4 nitrogen and oxygen atoms in total. The average Bonchev–Trinajstić information content (AvgIpc) is 2.42. The predicted molar refractivity (Wildman–Crippen MR) is 58.9 cm³/mol. The molecule has 4 N–H and O–H groups in total. The van der Waals surface area contributed by atoms with Gasteiger partial charge in [0.25, 0.3) is 0 Å². The van der Waals surface area contributed by atoms with E-state index in [0.717, 1.165) is 11.0 Å². The fourth-order valence-corrected chi connectivity index (χ4v) is 1.70. The number of fused-ring (bicyclic) bond motifs is 1. The van der Waals surface area contributed by atoms with Gasteiger partial charge < -0.3 is 16.0 Å². The minimum atomic E-state index is 0.293. The summed E-state index contributed by atoms with van der Waals surface area (Å²) < 4.78 is 1.98. The van der Waals surface area contributed by atoms with Crippen molar-refractivity contribution in [1.29, 1.82) is 0 Å². The second-order valence-electron chi connectivity index (χ2n) is 3.65. The predicted octanol–water partition coefficient (Wildman–Crippen LogP) is 1.78. The second-order valence-corrected chi connectivity index (χ2v) is 3.65. The van der Waals surface area contributed by atoms with Crippen LogP contribution in [0.2, 0.25) is 0 Å². The molecule has 0 bridgehead atoms. The molecule has 1 heterocycles. The highest BCUT2D eigenvalue weighted by Gasteiger charge is 2.11. The highest BCUT2D eigenvalue weighted by Crippen LogP contribution is 2.25. The van der Waals surface area contributed by atoms with Gasteiger partial charge in [-0.25, -0.2) is 4.98 Å². The molecule has 0 fully saturated rings. The number of rotatable bonds is 1. The van der Waals surface area contributed by atoms with Crippen molar-refractivity contribution in [2.75, 3.05) is 11.5 Å². The number of aromatic nitrogens is 2. The number of nitrogens with two attached hydrogens (primary N) is 2. The van der Waals surface area contributed by atoms with Gasteiger partial charge in [0.15, 0.2) is 0 Å². The molecule has 0 aliphatic heterocycles. The Morgan fingerprint density at radius 2 is 2.00 bits per heavy atom. The zero-order chi connectivity index (χ0) is 10.3. The zero-order valence-electron chi connectivity index (χ0n) is 8.36. The molecule has 0 radical (unpaired) electrons. The van der Waals surface area contributed by atoms with Crippen LogP contribution in [0.25, 0.3) is 11.0 Å². The summed E-state index contributed by atoms with van der Waals surface area (Å²) in [6.45, 7) is 4.14. The summed E-state index contributed by atoms with van der Waals surface area (Å²) in [5.41, 5.74) is 14.1. The van der Waals surface area contributed by atoms with Crippen molar-refractivity contribution in [3.8, 4) is 0 Å². The molecule has 0 aliphatic carbocycles. The number of hydrogen-bond donors (Lipinski definition) is 2. The first kappa shape index (κ1) is 8.87. The Bertz CT molecular complexity index is 470. The van der Waals surface area contributed by atoms with Crippen molar-refractivity contribution in [2.45, 2.75) is 19.9 Å². The molecule has 0 spiro atoms. The van der Waals surface area contributed by atoms with Crippen LogP contribution in [0, 0.1) is 0 Å². The molecule has 1 aromatic carbocycles.